The van der Waals surface area contributed by atoms with Gasteiger partial charge in [-0.3, -0.25) is 0 Å². The van der Waals surface area contributed by atoms with Crippen LogP contribution in [-0.4, -0.2) is 6.54 Å². The minimum absolute atomic E-state index is 0.520. The van der Waals surface area contributed by atoms with E-state index in [2.05, 4.69) is 20.8 Å². The zero-order valence-electron chi connectivity index (χ0n) is 8.11. The Morgan fingerprint density at radius 3 is 2.18 bits per heavy atom. The second-order valence-corrected chi connectivity index (χ2v) is 4.56. The van der Waals surface area contributed by atoms with Crippen LogP contribution in [0.2, 0.25) is 0 Å². The molecule has 66 valence electrons. The number of hydrogen-bond acceptors (Lipinski definition) is 1. The fourth-order valence-electron chi connectivity index (χ4n) is 2.07. The summed E-state index contributed by atoms with van der Waals surface area (Å²) < 4.78 is 0. The van der Waals surface area contributed by atoms with Gasteiger partial charge in [-0.1, -0.05) is 27.2 Å². The maximum Gasteiger partial charge on any atom is -0.00718 e. The third-order valence-electron chi connectivity index (χ3n) is 3.80. The normalized spacial score (nSPS) is 21.8. The minimum Gasteiger partial charge on any atom is -0.330 e. The molecule has 11 heavy (non-hydrogen) atoms. The number of hydrogen-bond donors (Lipinski definition) is 1. The van der Waals surface area contributed by atoms with E-state index < -0.39 is 0 Å². The predicted molar refractivity (Wildman–Crippen MR) is 49.4 cm³/mol. The van der Waals surface area contributed by atoms with Gasteiger partial charge in [-0.25, -0.2) is 0 Å². The van der Waals surface area contributed by atoms with Crippen molar-refractivity contribution in [2.75, 3.05) is 6.54 Å². The summed E-state index contributed by atoms with van der Waals surface area (Å²) in [6.45, 7) is 7.92. The van der Waals surface area contributed by atoms with Gasteiger partial charge in [0.05, 0.1) is 0 Å². The van der Waals surface area contributed by atoms with Crippen LogP contribution in [0, 0.1) is 10.8 Å². The molecule has 0 bridgehead atoms. The first kappa shape index (κ1) is 9.05. The fourth-order valence-corrected chi connectivity index (χ4v) is 2.07. The molecule has 1 heteroatoms. The van der Waals surface area contributed by atoms with Crippen LogP contribution < -0.4 is 5.73 Å². The average molecular weight is 155 g/mol. The Balaban J connectivity index is 2.56. The van der Waals surface area contributed by atoms with Gasteiger partial charge in [0.1, 0.15) is 0 Å². The van der Waals surface area contributed by atoms with Crippen molar-refractivity contribution in [3.8, 4) is 0 Å². The van der Waals surface area contributed by atoms with Gasteiger partial charge in [-0.2, -0.15) is 0 Å². The van der Waals surface area contributed by atoms with Crippen LogP contribution >= 0.6 is 0 Å². The molecule has 0 spiro atoms. The molecule has 0 heterocycles. The smallest absolute Gasteiger partial charge is 0.00718 e. The highest BCUT2D eigenvalue weighted by Crippen LogP contribution is 2.61. The molecular weight excluding hydrogens is 134 g/mol. The monoisotopic (exact) mass is 155 g/mol. The highest BCUT2D eigenvalue weighted by Gasteiger charge is 2.51. The Morgan fingerprint density at radius 1 is 1.36 bits per heavy atom. The molecule has 1 rings (SSSR count). The van der Waals surface area contributed by atoms with Crippen molar-refractivity contribution in [1.29, 1.82) is 0 Å². The Labute approximate surface area is 70.4 Å². The van der Waals surface area contributed by atoms with Crippen molar-refractivity contribution in [3.05, 3.63) is 0 Å². The van der Waals surface area contributed by atoms with E-state index in [0.717, 1.165) is 6.54 Å². The van der Waals surface area contributed by atoms with Crippen molar-refractivity contribution >= 4 is 0 Å². The maximum atomic E-state index is 5.61. The molecule has 0 amide bonds. The molecule has 1 nitrogen and oxygen atoms in total. The molecule has 0 aliphatic heterocycles. The lowest BCUT2D eigenvalue weighted by molar-refractivity contribution is 0.168. The van der Waals surface area contributed by atoms with Crippen LogP contribution in [0.3, 0.4) is 0 Å². The van der Waals surface area contributed by atoms with Gasteiger partial charge in [-0.05, 0) is 36.6 Å². The molecule has 0 aromatic heterocycles. The summed E-state index contributed by atoms with van der Waals surface area (Å²) in [5.74, 6) is 0. The molecule has 1 fully saturated rings. The Hall–Kier alpha value is -0.0400. The van der Waals surface area contributed by atoms with E-state index in [0.29, 0.717) is 10.8 Å². The van der Waals surface area contributed by atoms with Crippen molar-refractivity contribution in [2.45, 2.75) is 46.5 Å². The van der Waals surface area contributed by atoms with E-state index in [1.165, 1.54) is 25.7 Å². The molecule has 0 unspecified atom stereocenters. The standard InChI is InChI=1S/C10H21N/c1-4-9(2,3)10(5-6-10)7-8-11/h4-8,11H2,1-3H3. The van der Waals surface area contributed by atoms with E-state index in [9.17, 15) is 0 Å². The van der Waals surface area contributed by atoms with Crippen LogP contribution in [0.15, 0.2) is 0 Å². The highest BCUT2D eigenvalue weighted by molar-refractivity contribution is 5.02. The van der Waals surface area contributed by atoms with Crippen LogP contribution in [0.4, 0.5) is 0 Å². The van der Waals surface area contributed by atoms with Gasteiger partial charge in [0.25, 0.3) is 0 Å². The van der Waals surface area contributed by atoms with Gasteiger partial charge in [-0.15, -0.1) is 0 Å². The minimum atomic E-state index is 0.520. The lowest BCUT2D eigenvalue weighted by Crippen LogP contribution is -2.27. The maximum absolute atomic E-state index is 5.61. The predicted octanol–water partition coefficient (Wildman–Crippen LogP) is 2.55. The highest BCUT2D eigenvalue weighted by atomic mass is 14.6. The third-order valence-corrected chi connectivity index (χ3v) is 3.80. The molecule has 1 saturated carbocycles. The third kappa shape index (κ3) is 1.44. The zero-order chi connectivity index (χ0) is 8.54. The van der Waals surface area contributed by atoms with E-state index in [-0.39, 0.29) is 0 Å². The van der Waals surface area contributed by atoms with E-state index in [1.54, 1.807) is 0 Å². The molecule has 1 aliphatic carbocycles. The molecule has 0 radical (unpaired) electrons. The molecular formula is C10H21N. The van der Waals surface area contributed by atoms with Crippen LogP contribution in [0.25, 0.3) is 0 Å². The first-order valence-electron chi connectivity index (χ1n) is 4.78. The van der Waals surface area contributed by atoms with Crippen molar-refractivity contribution in [3.63, 3.8) is 0 Å². The van der Waals surface area contributed by atoms with Gasteiger partial charge >= 0.3 is 0 Å². The van der Waals surface area contributed by atoms with Crippen LogP contribution in [-0.2, 0) is 0 Å². The fraction of sp³-hybridized carbons (Fsp3) is 1.00. The lowest BCUT2D eigenvalue weighted by Gasteiger charge is -2.33. The van der Waals surface area contributed by atoms with Gasteiger partial charge in [0.15, 0.2) is 0 Å². The Morgan fingerprint density at radius 2 is 1.91 bits per heavy atom. The summed E-state index contributed by atoms with van der Waals surface area (Å²) in [6.07, 6.45) is 5.33. The van der Waals surface area contributed by atoms with E-state index in [1.807, 2.05) is 0 Å². The Bertz CT molecular complexity index is 134. The number of rotatable bonds is 4. The van der Waals surface area contributed by atoms with Crippen molar-refractivity contribution < 1.29 is 0 Å². The van der Waals surface area contributed by atoms with E-state index in [4.69, 9.17) is 5.73 Å². The summed E-state index contributed by atoms with van der Waals surface area (Å²) in [7, 11) is 0. The molecule has 0 atom stereocenters. The summed E-state index contributed by atoms with van der Waals surface area (Å²) in [5, 5.41) is 0. The first-order valence-corrected chi connectivity index (χ1v) is 4.78. The molecule has 0 aromatic carbocycles. The summed E-state index contributed by atoms with van der Waals surface area (Å²) in [4.78, 5) is 0. The SMILES string of the molecule is CCC(C)(C)C1(CCN)CC1. The van der Waals surface area contributed by atoms with Crippen LogP contribution in [0.1, 0.15) is 46.5 Å². The molecule has 0 saturated heterocycles. The number of nitrogens with two attached hydrogens (primary N) is 1. The summed E-state index contributed by atoms with van der Waals surface area (Å²) >= 11 is 0. The first-order chi connectivity index (χ1) is 5.08. The second kappa shape index (κ2) is 2.78. The van der Waals surface area contributed by atoms with Crippen molar-refractivity contribution in [2.24, 2.45) is 16.6 Å². The van der Waals surface area contributed by atoms with Gasteiger partial charge in [0, 0.05) is 0 Å². The quantitative estimate of drug-likeness (QED) is 0.663. The Kier molecular flexibility index (Phi) is 2.29. The van der Waals surface area contributed by atoms with Crippen molar-refractivity contribution in [1.82, 2.24) is 0 Å². The topological polar surface area (TPSA) is 26.0 Å². The molecule has 0 aromatic rings. The molecule has 1 aliphatic rings. The largest absolute Gasteiger partial charge is 0.330 e. The lowest BCUT2D eigenvalue weighted by atomic mass is 9.72. The van der Waals surface area contributed by atoms with Crippen LogP contribution in [0.5, 0.6) is 0 Å². The van der Waals surface area contributed by atoms with Gasteiger partial charge in [0.2, 0.25) is 0 Å². The second-order valence-electron chi connectivity index (χ2n) is 4.56. The average Bonchev–Trinajstić information content (AvgIpc) is 2.70. The summed E-state index contributed by atoms with van der Waals surface area (Å²) in [5.41, 5.74) is 6.75. The molecule has 2 N–H and O–H groups in total. The van der Waals surface area contributed by atoms with E-state index >= 15 is 0 Å². The summed E-state index contributed by atoms with van der Waals surface area (Å²) in [6, 6.07) is 0. The van der Waals surface area contributed by atoms with Gasteiger partial charge < -0.3 is 5.73 Å². The zero-order valence-corrected chi connectivity index (χ0v) is 8.11.